The summed E-state index contributed by atoms with van der Waals surface area (Å²) < 4.78 is 19.9. The van der Waals surface area contributed by atoms with Crippen molar-refractivity contribution in [3.63, 3.8) is 0 Å². The number of carbonyl (C=O) groups excluding carboxylic acids is 2. The smallest absolute Gasteiger partial charge is 0.299 e. The SMILES string of the molecule is CC1(C)CCC(CN2C(=O)C(=O)c3c(Cl)ccc(F)c32)O1. The summed E-state index contributed by atoms with van der Waals surface area (Å²) in [5.74, 6) is -2.12. The first-order chi connectivity index (χ1) is 9.80. The highest BCUT2D eigenvalue weighted by molar-refractivity contribution is 6.55. The molecule has 0 aliphatic carbocycles. The topological polar surface area (TPSA) is 46.6 Å². The number of anilines is 1. The standard InChI is InChI=1S/C15H15ClFNO3/c1-15(2)6-5-8(21-15)7-18-12-10(17)4-3-9(16)11(12)13(19)14(18)20/h3-4,8H,5-7H2,1-2H3. The molecule has 2 heterocycles. The van der Waals surface area contributed by atoms with Crippen LogP contribution in [0.3, 0.4) is 0 Å². The summed E-state index contributed by atoms with van der Waals surface area (Å²) >= 11 is 5.93. The first-order valence-electron chi connectivity index (χ1n) is 6.82. The Labute approximate surface area is 126 Å². The van der Waals surface area contributed by atoms with Gasteiger partial charge in [0.2, 0.25) is 0 Å². The highest BCUT2D eigenvalue weighted by Gasteiger charge is 2.42. The normalized spacial score (nSPS) is 23.8. The van der Waals surface area contributed by atoms with E-state index in [0.717, 1.165) is 17.7 Å². The van der Waals surface area contributed by atoms with E-state index in [1.807, 2.05) is 13.8 Å². The van der Waals surface area contributed by atoms with Gasteiger partial charge >= 0.3 is 0 Å². The van der Waals surface area contributed by atoms with E-state index in [1.54, 1.807) is 0 Å². The maximum atomic E-state index is 14.0. The molecule has 4 nitrogen and oxygen atoms in total. The summed E-state index contributed by atoms with van der Waals surface area (Å²) in [5, 5.41) is 0.0971. The van der Waals surface area contributed by atoms with Crippen LogP contribution in [-0.2, 0) is 9.53 Å². The van der Waals surface area contributed by atoms with Crippen molar-refractivity contribution >= 4 is 29.0 Å². The molecular formula is C15H15ClFNO3. The number of ether oxygens (including phenoxy) is 1. The fourth-order valence-corrected chi connectivity index (χ4v) is 3.17. The van der Waals surface area contributed by atoms with Gasteiger partial charge in [0, 0.05) is 0 Å². The van der Waals surface area contributed by atoms with Crippen molar-refractivity contribution in [1.29, 1.82) is 0 Å². The second kappa shape index (κ2) is 4.78. The number of halogens is 2. The molecule has 1 aromatic carbocycles. The van der Waals surface area contributed by atoms with E-state index < -0.39 is 17.5 Å². The van der Waals surface area contributed by atoms with E-state index in [1.165, 1.54) is 12.1 Å². The third-order valence-electron chi connectivity index (χ3n) is 3.95. The van der Waals surface area contributed by atoms with E-state index in [0.29, 0.717) is 0 Å². The number of fused-ring (bicyclic) bond motifs is 1. The molecule has 0 spiro atoms. The Bertz CT molecular complexity index is 644. The van der Waals surface area contributed by atoms with Crippen LogP contribution in [0.5, 0.6) is 0 Å². The minimum atomic E-state index is -0.758. The van der Waals surface area contributed by atoms with E-state index >= 15 is 0 Å². The van der Waals surface area contributed by atoms with Crippen LogP contribution < -0.4 is 4.90 Å². The van der Waals surface area contributed by atoms with E-state index in [-0.39, 0.29) is 34.5 Å². The van der Waals surface area contributed by atoms with Crippen molar-refractivity contribution in [2.75, 3.05) is 11.4 Å². The number of nitrogens with zero attached hydrogens (tertiary/aromatic N) is 1. The molecule has 6 heteroatoms. The molecule has 1 amide bonds. The Morgan fingerprint density at radius 2 is 2.14 bits per heavy atom. The van der Waals surface area contributed by atoms with Gasteiger partial charge < -0.3 is 4.74 Å². The van der Waals surface area contributed by atoms with Crippen molar-refractivity contribution in [2.24, 2.45) is 0 Å². The molecule has 112 valence electrons. The lowest BCUT2D eigenvalue weighted by molar-refractivity contribution is -0.115. The summed E-state index contributed by atoms with van der Waals surface area (Å²) in [7, 11) is 0. The third kappa shape index (κ3) is 2.34. The average Bonchev–Trinajstić information content (AvgIpc) is 2.87. The van der Waals surface area contributed by atoms with Gasteiger partial charge in [0.05, 0.1) is 34.5 Å². The zero-order valence-electron chi connectivity index (χ0n) is 11.8. The van der Waals surface area contributed by atoms with E-state index in [4.69, 9.17) is 16.3 Å². The number of carbonyl (C=O) groups is 2. The fraction of sp³-hybridized carbons (Fsp3) is 0.467. The van der Waals surface area contributed by atoms with Crippen LogP contribution in [0.2, 0.25) is 5.02 Å². The molecule has 1 aromatic rings. The van der Waals surface area contributed by atoms with Gasteiger partial charge in [0.15, 0.2) is 0 Å². The molecule has 0 radical (unpaired) electrons. The molecule has 1 fully saturated rings. The molecule has 0 aromatic heterocycles. The van der Waals surface area contributed by atoms with Crippen molar-refractivity contribution in [2.45, 2.75) is 38.4 Å². The van der Waals surface area contributed by atoms with Crippen LogP contribution in [-0.4, -0.2) is 29.9 Å². The van der Waals surface area contributed by atoms with Crippen molar-refractivity contribution in [1.82, 2.24) is 0 Å². The van der Waals surface area contributed by atoms with Gasteiger partial charge in [-0.15, -0.1) is 0 Å². The Morgan fingerprint density at radius 3 is 2.76 bits per heavy atom. The predicted octanol–water partition coefficient (Wildman–Crippen LogP) is 2.97. The molecule has 1 unspecified atom stereocenters. The van der Waals surface area contributed by atoms with Crippen molar-refractivity contribution in [3.05, 3.63) is 28.5 Å². The van der Waals surface area contributed by atoms with Gasteiger partial charge in [0.25, 0.3) is 11.7 Å². The summed E-state index contributed by atoms with van der Waals surface area (Å²) in [4.78, 5) is 25.3. The molecule has 0 N–H and O–H groups in total. The largest absolute Gasteiger partial charge is 0.370 e. The van der Waals surface area contributed by atoms with Crippen LogP contribution in [0.25, 0.3) is 0 Å². The molecule has 0 bridgehead atoms. The molecule has 1 atom stereocenters. The number of hydrogen-bond donors (Lipinski definition) is 0. The minimum Gasteiger partial charge on any atom is -0.370 e. The van der Waals surface area contributed by atoms with Gasteiger partial charge in [-0.2, -0.15) is 0 Å². The lowest BCUT2D eigenvalue weighted by Crippen LogP contribution is -2.37. The zero-order chi connectivity index (χ0) is 15.4. The number of Topliss-reactive ketones (excluding diaryl/α,β-unsaturated/α-hetero) is 1. The quantitative estimate of drug-likeness (QED) is 0.789. The van der Waals surface area contributed by atoms with Crippen LogP contribution in [0.4, 0.5) is 10.1 Å². The zero-order valence-corrected chi connectivity index (χ0v) is 12.5. The molecular weight excluding hydrogens is 297 g/mol. The molecule has 3 rings (SSSR count). The highest BCUT2D eigenvalue weighted by atomic mass is 35.5. The van der Waals surface area contributed by atoms with Gasteiger partial charge in [-0.25, -0.2) is 4.39 Å². The monoisotopic (exact) mass is 311 g/mol. The summed E-state index contributed by atoms with van der Waals surface area (Å²) in [6.45, 7) is 4.10. The van der Waals surface area contributed by atoms with Crippen LogP contribution in [0.1, 0.15) is 37.0 Å². The number of amides is 1. The van der Waals surface area contributed by atoms with Gasteiger partial charge in [0.1, 0.15) is 5.82 Å². The van der Waals surface area contributed by atoms with Crippen LogP contribution in [0, 0.1) is 5.82 Å². The third-order valence-corrected chi connectivity index (χ3v) is 4.27. The number of rotatable bonds is 2. The van der Waals surface area contributed by atoms with Gasteiger partial charge in [-0.3, -0.25) is 14.5 Å². The second-order valence-corrected chi connectivity index (χ2v) is 6.44. The number of ketones is 1. The molecule has 2 aliphatic heterocycles. The molecule has 21 heavy (non-hydrogen) atoms. The molecule has 2 aliphatic rings. The fourth-order valence-electron chi connectivity index (χ4n) is 2.94. The lowest BCUT2D eigenvalue weighted by Gasteiger charge is -2.24. The van der Waals surface area contributed by atoms with E-state index in [2.05, 4.69) is 0 Å². The Balaban J connectivity index is 1.93. The lowest BCUT2D eigenvalue weighted by atomic mass is 10.1. The predicted molar refractivity (Wildman–Crippen MR) is 76.3 cm³/mol. The van der Waals surface area contributed by atoms with Gasteiger partial charge in [-0.05, 0) is 38.8 Å². The summed E-state index contributed by atoms with van der Waals surface area (Å²) in [6.07, 6.45) is 1.42. The van der Waals surface area contributed by atoms with Crippen LogP contribution >= 0.6 is 11.6 Å². The second-order valence-electron chi connectivity index (χ2n) is 6.04. The Hall–Kier alpha value is -1.46. The first kappa shape index (κ1) is 14.5. The minimum absolute atomic E-state index is 0.0224. The van der Waals surface area contributed by atoms with Crippen molar-refractivity contribution < 1.29 is 18.7 Å². The average molecular weight is 312 g/mol. The first-order valence-corrected chi connectivity index (χ1v) is 7.20. The van der Waals surface area contributed by atoms with E-state index in [9.17, 15) is 14.0 Å². The summed E-state index contributed by atoms with van der Waals surface area (Å²) in [6, 6.07) is 2.46. The maximum absolute atomic E-state index is 14.0. The molecule has 0 saturated carbocycles. The number of hydrogen-bond acceptors (Lipinski definition) is 3. The summed E-state index contributed by atoms with van der Waals surface area (Å²) in [5.41, 5.74) is -0.322. The number of benzene rings is 1. The Kier molecular flexibility index (Phi) is 3.30. The molecule has 1 saturated heterocycles. The van der Waals surface area contributed by atoms with Crippen molar-refractivity contribution in [3.8, 4) is 0 Å². The van der Waals surface area contributed by atoms with Gasteiger partial charge in [-0.1, -0.05) is 11.6 Å². The maximum Gasteiger partial charge on any atom is 0.299 e. The van der Waals surface area contributed by atoms with Crippen LogP contribution in [0.15, 0.2) is 12.1 Å². The Morgan fingerprint density at radius 1 is 1.43 bits per heavy atom. The highest BCUT2D eigenvalue weighted by Crippen LogP contribution is 2.38.